The lowest BCUT2D eigenvalue weighted by Crippen LogP contribution is -2.45. The van der Waals surface area contributed by atoms with E-state index >= 15 is 0 Å². The third kappa shape index (κ3) is 4.57. The normalized spacial score (nSPS) is 16.3. The molecule has 1 heterocycles. The van der Waals surface area contributed by atoms with Gasteiger partial charge >= 0.3 is 5.97 Å². The molecule has 2 aromatic carbocycles. The van der Waals surface area contributed by atoms with Crippen molar-refractivity contribution < 1.29 is 14.6 Å². The van der Waals surface area contributed by atoms with Gasteiger partial charge in [0.1, 0.15) is 0 Å². The van der Waals surface area contributed by atoms with Crippen LogP contribution in [0.15, 0.2) is 48.5 Å². The first kappa shape index (κ1) is 18.7. The van der Waals surface area contributed by atoms with Crippen LogP contribution in [0.2, 0.25) is 5.02 Å². The molecule has 1 fully saturated rings. The van der Waals surface area contributed by atoms with E-state index in [1.165, 1.54) is 0 Å². The van der Waals surface area contributed by atoms with Crippen LogP contribution in [0.4, 0.5) is 5.69 Å². The average Bonchev–Trinajstić information content (AvgIpc) is 2.62. The number of nitrogens with zero attached hydrogens (tertiary/aromatic N) is 1. The van der Waals surface area contributed by atoms with Crippen LogP contribution in [0.5, 0.6) is 0 Å². The first-order valence-corrected chi connectivity index (χ1v) is 9.36. The topological polar surface area (TPSA) is 49.8 Å². The van der Waals surface area contributed by atoms with E-state index in [4.69, 9.17) is 16.3 Å². The van der Waals surface area contributed by atoms with E-state index < -0.39 is 5.60 Å². The molecule has 1 aliphatic heterocycles. The van der Waals surface area contributed by atoms with Crippen molar-refractivity contribution >= 4 is 23.3 Å². The average molecular weight is 374 g/mol. The minimum atomic E-state index is -0.702. The van der Waals surface area contributed by atoms with Crippen molar-refractivity contribution in [1.29, 1.82) is 0 Å². The largest absolute Gasteiger partial charge is 0.462 e. The van der Waals surface area contributed by atoms with E-state index in [-0.39, 0.29) is 5.97 Å². The molecular weight excluding hydrogens is 350 g/mol. The number of rotatable bonds is 5. The van der Waals surface area contributed by atoms with Gasteiger partial charge in [-0.2, -0.15) is 0 Å². The zero-order valence-electron chi connectivity index (χ0n) is 15.0. The summed E-state index contributed by atoms with van der Waals surface area (Å²) in [5.41, 5.74) is 1.98. The summed E-state index contributed by atoms with van der Waals surface area (Å²) in [5, 5.41) is 11.6. The van der Waals surface area contributed by atoms with Crippen LogP contribution in [0.1, 0.15) is 35.7 Å². The Morgan fingerprint density at radius 1 is 1.19 bits per heavy atom. The van der Waals surface area contributed by atoms with Crippen LogP contribution in [0, 0.1) is 0 Å². The Labute approximate surface area is 159 Å². The van der Waals surface area contributed by atoms with E-state index in [9.17, 15) is 9.90 Å². The minimum absolute atomic E-state index is 0.298. The van der Waals surface area contributed by atoms with Gasteiger partial charge in [-0.05, 0) is 61.7 Å². The summed E-state index contributed by atoms with van der Waals surface area (Å²) < 4.78 is 5.01. The summed E-state index contributed by atoms with van der Waals surface area (Å²) in [6, 6.07) is 15.1. The molecular formula is C21H24ClNO3. The van der Waals surface area contributed by atoms with Crippen LogP contribution in [0.25, 0.3) is 0 Å². The van der Waals surface area contributed by atoms with Crippen LogP contribution >= 0.6 is 11.6 Å². The van der Waals surface area contributed by atoms with E-state index in [1.807, 2.05) is 36.4 Å². The Morgan fingerprint density at radius 3 is 2.50 bits per heavy atom. The number of carbonyl (C=O) groups is 1. The van der Waals surface area contributed by atoms with Gasteiger partial charge in [0.25, 0.3) is 0 Å². The monoisotopic (exact) mass is 373 g/mol. The van der Waals surface area contributed by atoms with Crippen molar-refractivity contribution in [3.63, 3.8) is 0 Å². The lowest BCUT2D eigenvalue weighted by Gasteiger charge is -2.39. The van der Waals surface area contributed by atoms with E-state index in [1.54, 1.807) is 19.1 Å². The molecule has 0 aliphatic carbocycles. The van der Waals surface area contributed by atoms with Gasteiger partial charge in [0.05, 0.1) is 17.8 Å². The van der Waals surface area contributed by atoms with Gasteiger partial charge in [-0.25, -0.2) is 4.79 Å². The van der Waals surface area contributed by atoms with E-state index in [0.29, 0.717) is 36.5 Å². The molecule has 138 valence electrons. The number of carbonyl (C=O) groups excluding carboxylic acids is 1. The Bertz CT molecular complexity index is 752. The fourth-order valence-electron chi connectivity index (χ4n) is 3.41. The number of piperidine rings is 1. The molecule has 0 bridgehead atoms. The van der Waals surface area contributed by atoms with Crippen LogP contribution in [0.3, 0.4) is 0 Å². The Balaban J connectivity index is 1.60. The number of hydrogen-bond acceptors (Lipinski definition) is 4. The number of halogens is 1. The highest BCUT2D eigenvalue weighted by atomic mass is 35.5. The molecule has 1 N–H and O–H groups in total. The van der Waals surface area contributed by atoms with Crippen LogP contribution < -0.4 is 4.90 Å². The molecule has 1 aliphatic rings. The number of ether oxygens (including phenoxy) is 1. The molecule has 0 saturated carbocycles. The summed E-state index contributed by atoms with van der Waals surface area (Å²) in [7, 11) is 0. The quantitative estimate of drug-likeness (QED) is 0.802. The fourth-order valence-corrected chi connectivity index (χ4v) is 3.62. The highest BCUT2D eigenvalue weighted by molar-refractivity contribution is 6.30. The molecule has 4 nitrogen and oxygen atoms in total. The van der Waals surface area contributed by atoms with Crippen molar-refractivity contribution in [1.82, 2.24) is 0 Å². The second-order valence-corrected chi connectivity index (χ2v) is 7.22. The molecule has 0 radical (unpaired) electrons. The van der Waals surface area contributed by atoms with Crippen molar-refractivity contribution in [2.75, 3.05) is 24.6 Å². The van der Waals surface area contributed by atoms with E-state index in [0.717, 1.165) is 24.3 Å². The molecule has 26 heavy (non-hydrogen) atoms. The molecule has 0 amide bonds. The zero-order valence-corrected chi connectivity index (χ0v) is 15.7. The molecule has 2 aromatic rings. The maximum absolute atomic E-state index is 11.7. The van der Waals surface area contributed by atoms with Crippen molar-refractivity contribution in [3.8, 4) is 0 Å². The number of aliphatic hydroxyl groups is 1. The van der Waals surface area contributed by atoms with Gasteiger partial charge in [0.15, 0.2) is 0 Å². The van der Waals surface area contributed by atoms with Crippen molar-refractivity contribution in [2.45, 2.75) is 31.8 Å². The number of benzene rings is 2. The van der Waals surface area contributed by atoms with Gasteiger partial charge in [-0.15, -0.1) is 0 Å². The number of hydrogen-bond donors (Lipinski definition) is 1. The van der Waals surface area contributed by atoms with Crippen molar-refractivity contribution in [3.05, 3.63) is 64.7 Å². The zero-order chi connectivity index (χ0) is 18.6. The third-order valence-electron chi connectivity index (χ3n) is 4.86. The molecule has 0 aromatic heterocycles. The summed E-state index contributed by atoms with van der Waals surface area (Å²) in [4.78, 5) is 14.0. The van der Waals surface area contributed by atoms with Gasteiger partial charge in [-0.1, -0.05) is 23.7 Å². The van der Waals surface area contributed by atoms with Crippen LogP contribution in [-0.4, -0.2) is 36.4 Å². The number of esters is 1. The molecule has 0 unspecified atom stereocenters. The standard InChI is InChI=1S/C21H24ClNO3/c1-2-26-20(24)17-6-8-19(9-7-17)23-12-10-21(25,11-13-23)15-16-4-3-5-18(22)14-16/h3-9,14,25H,2,10-13,15H2,1H3. The van der Waals surface area contributed by atoms with Gasteiger partial charge in [0, 0.05) is 30.2 Å². The molecule has 1 saturated heterocycles. The van der Waals surface area contributed by atoms with Crippen molar-refractivity contribution in [2.24, 2.45) is 0 Å². The van der Waals surface area contributed by atoms with Crippen LogP contribution in [-0.2, 0) is 11.2 Å². The molecule has 5 heteroatoms. The summed E-state index contributed by atoms with van der Waals surface area (Å²) >= 11 is 6.04. The Hall–Kier alpha value is -2.04. The molecule has 3 rings (SSSR count). The second kappa shape index (κ2) is 8.11. The molecule has 0 atom stereocenters. The fraction of sp³-hybridized carbons (Fsp3) is 0.381. The first-order valence-electron chi connectivity index (χ1n) is 8.98. The highest BCUT2D eigenvalue weighted by Crippen LogP contribution is 2.30. The lowest BCUT2D eigenvalue weighted by molar-refractivity contribution is 0.0165. The smallest absolute Gasteiger partial charge is 0.338 e. The summed E-state index contributed by atoms with van der Waals surface area (Å²) in [6.45, 7) is 3.72. The summed E-state index contributed by atoms with van der Waals surface area (Å²) in [5.74, 6) is -0.298. The number of anilines is 1. The first-order chi connectivity index (χ1) is 12.5. The Morgan fingerprint density at radius 2 is 1.88 bits per heavy atom. The SMILES string of the molecule is CCOC(=O)c1ccc(N2CCC(O)(Cc3cccc(Cl)c3)CC2)cc1. The predicted molar refractivity (Wildman–Crippen MR) is 104 cm³/mol. The molecule has 0 spiro atoms. The minimum Gasteiger partial charge on any atom is -0.462 e. The lowest BCUT2D eigenvalue weighted by atomic mass is 9.85. The third-order valence-corrected chi connectivity index (χ3v) is 5.10. The second-order valence-electron chi connectivity index (χ2n) is 6.79. The maximum Gasteiger partial charge on any atom is 0.338 e. The maximum atomic E-state index is 11.7. The highest BCUT2D eigenvalue weighted by Gasteiger charge is 2.32. The van der Waals surface area contributed by atoms with Gasteiger partial charge in [-0.3, -0.25) is 0 Å². The Kier molecular flexibility index (Phi) is 5.84. The van der Waals surface area contributed by atoms with E-state index in [2.05, 4.69) is 4.90 Å². The van der Waals surface area contributed by atoms with Gasteiger partial charge in [0.2, 0.25) is 0 Å². The predicted octanol–water partition coefficient (Wildman–Crippen LogP) is 4.09. The van der Waals surface area contributed by atoms with Gasteiger partial charge < -0.3 is 14.7 Å². The summed E-state index contributed by atoms with van der Waals surface area (Å²) in [6.07, 6.45) is 2.00.